The van der Waals surface area contributed by atoms with Crippen molar-refractivity contribution in [3.05, 3.63) is 35.9 Å². The topological polar surface area (TPSA) is 55.4 Å². The van der Waals surface area contributed by atoms with E-state index in [0.717, 1.165) is 0 Å². The molecule has 0 fully saturated rings. The Morgan fingerprint density at radius 3 is 2.37 bits per heavy atom. The van der Waals surface area contributed by atoms with Crippen molar-refractivity contribution in [1.82, 2.24) is 0 Å². The summed E-state index contributed by atoms with van der Waals surface area (Å²) in [6.45, 7) is 9.43. The number of hydrogen-bond donors (Lipinski definition) is 1. The average Bonchev–Trinajstić information content (AvgIpc) is 2.35. The van der Waals surface area contributed by atoms with E-state index >= 15 is 0 Å². The molecule has 0 aliphatic rings. The number of carbonyl (C=O) groups excluding carboxylic acids is 2. The Hall–Kier alpha value is -2.10. The highest BCUT2D eigenvalue weighted by Crippen LogP contribution is 2.28. The van der Waals surface area contributed by atoms with Crippen LogP contribution in [0, 0.1) is 0 Å². The first-order valence-electron chi connectivity index (χ1n) is 6.18. The van der Waals surface area contributed by atoms with Crippen molar-refractivity contribution in [3.8, 4) is 5.75 Å². The molecule has 102 valence electrons. The zero-order valence-electron chi connectivity index (χ0n) is 11.6. The number of anilines is 1. The molecular weight excluding hydrogens is 242 g/mol. The summed E-state index contributed by atoms with van der Waals surface area (Å²) in [7, 11) is 0. The van der Waals surface area contributed by atoms with Gasteiger partial charge in [-0.25, -0.2) is 0 Å². The van der Waals surface area contributed by atoms with Gasteiger partial charge in [-0.05, 0) is 26.8 Å². The summed E-state index contributed by atoms with van der Waals surface area (Å²) in [6.07, 6.45) is 1.61. The van der Waals surface area contributed by atoms with Crippen molar-refractivity contribution in [3.63, 3.8) is 0 Å². The number of nitrogens with one attached hydrogen (secondary N) is 1. The van der Waals surface area contributed by atoms with E-state index in [1.807, 2.05) is 6.92 Å². The van der Waals surface area contributed by atoms with Crippen molar-refractivity contribution in [2.45, 2.75) is 20.8 Å². The van der Waals surface area contributed by atoms with Gasteiger partial charge in [0.2, 0.25) is 0 Å². The minimum atomic E-state index is -0.135. The minimum absolute atomic E-state index is 0.0891. The molecule has 0 saturated carbocycles. The van der Waals surface area contributed by atoms with Gasteiger partial charge in [0, 0.05) is 23.9 Å². The molecule has 0 bridgehead atoms. The molecule has 0 heterocycles. The Labute approximate surface area is 113 Å². The Morgan fingerprint density at radius 1 is 1.26 bits per heavy atom. The lowest BCUT2D eigenvalue weighted by atomic mass is 10.0. The molecular formula is C15H19NO3. The second-order valence-electron chi connectivity index (χ2n) is 4.14. The molecule has 0 radical (unpaired) electrons. The second kappa shape index (κ2) is 6.73. The fraction of sp³-hybridized carbons (Fsp3) is 0.333. The summed E-state index contributed by atoms with van der Waals surface area (Å²) in [5.41, 5.74) is 1.59. The van der Waals surface area contributed by atoms with Crippen LogP contribution in [0.5, 0.6) is 5.75 Å². The van der Waals surface area contributed by atoms with Gasteiger partial charge in [0.15, 0.2) is 11.6 Å². The maximum Gasteiger partial charge on any atom is 0.163 e. The second-order valence-corrected chi connectivity index (χ2v) is 4.14. The lowest BCUT2D eigenvalue weighted by Crippen LogP contribution is -2.09. The molecule has 0 aliphatic carbocycles. The lowest BCUT2D eigenvalue weighted by molar-refractivity contribution is 0.101. The van der Waals surface area contributed by atoms with Crippen LogP contribution in [0.4, 0.5) is 5.69 Å². The molecule has 0 atom stereocenters. The lowest BCUT2D eigenvalue weighted by Gasteiger charge is -2.14. The fourth-order valence-electron chi connectivity index (χ4n) is 1.75. The van der Waals surface area contributed by atoms with Crippen molar-refractivity contribution in [2.24, 2.45) is 0 Å². The van der Waals surface area contributed by atoms with Crippen LogP contribution in [0.2, 0.25) is 0 Å². The highest BCUT2D eigenvalue weighted by atomic mass is 16.5. The summed E-state index contributed by atoms with van der Waals surface area (Å²) in [6, 6.07) is 3.28. The maximum absolute atomic E-state index is 11.6. The summed E-state index contributed by atoms with van der Waals surface area (Å²) in [5.74, 6) is 0.242. The van der Waals surface area contributed by atoms with Gasteiger partial charge < -0.3 is 10.1 Å². The van der Waals surface area contributed by atoms with Gasteiger partial charge >= 0.3 is 0 Å². The molecule has 1 N–H and O–H groups in total. The smallest absolute Gasteiger partial charge is 0.163 e. The first kappa shape index (κ1) is 15.0. The van der Waals surface area contributed by atoms with Crippen LogP contribution >= 0.6 is 0 Å². The monoisotopic (exact) mass is 261 g/mol. The highest BCUT2D eigenvalue weighted by molar-refractivity contribution is 6.05. The Kier molecular flexibility index (Phi) is 5.30. The largest absolute Gasteiger partial charge is 0.489 e. The molecule has 19 heavy (non-hydrogen) atoms. The van der Waals surface area contributed by atoms with Crippen LogP contribution in [0.1, 0.15) is 41.5 Å². The molecule has 0 aliphatic heterocycles. The average molecular weight is 261 g/mol. The predicted octanol–water partition coefficient (Wildman–Crippen LogP) is 3.09. The van der Waals surface area contributed by atoms with Gasteiger partial charge in [0.05, 0.1) is 5.56 Å². The highest BCUT2D eigenvalue weighted by Gasteiger charge is 2.16. The Bertz CT molecular complexity index is 506. The van der Waals surface area contributed by atoms with Gasteiger partial charge in [-0.2, -0.15) is 0 Å². The molecule has 1 rings (SSSR count). The van der Waals surface area contributed by atoms with Crippen molar-refractivity contribution < 1.29 is 14.3 Å². The first-order chi connectivity index (χ1) is 9.01. The van der Waals surface area contributed by atoms with E-state index in [1.54, 1.807) is 18.2 Å². The third kappa shape index (κ3) is 3.68. The third-order valence-electron chi connectivity index (χ3n) is 2.60. The van der Waals surface area contributed by atoms with E-state index in [1.165, 1.54) is 13.8 Å². The van der Waals surface area contributed by atoms with E-state index in [9.17, 15) is 9.59 Å². The van der Waals surface area contributed by atoms with Crippen molar-refractivity contribution >= 4 is 17.3 Å². The number of carbonyl (C=O) groups is 2. The molecule has 0 aromatic heterocycles. The normalized spacial score (nSPS) is 9.84. The van der Waals surface area contributed by atoms with Gasteiger partial charge in [-0.1, -0.05) is 12.7 Å². The van der Waals surface area contributed by atoms with Crippen LogP contribution in [-0.4, -0.2) is 24.7 Å². The number of ketones is 2. The standard InChI is InChI=1S/C15H19NO3/c1-5-7-19-15-9-14(16-6-2)12(10(3)17)8-13(15)11(4)18/h5,8-9,16H,1,6-7H2,2-4H3. The molecule has 0 saturated heterocycles. The molecule has 4 heteroatoms. The molecule has 1 aromatic carbocycles. The van der Waals surface area contributed by atoms with Crippen LogP contribution in [0.25, 0.3) is 0 Å². The number of benzene rings is 1. The van der Waals surface area contributed by atoms with Crippen LogP contribution in [-0.2, 0) is 0 Å². The van der Waals surface area contributed by atoms with Crippen molar-refractivity contribution in [2.75, 3.05) is 18.5 Å². The molecule has 0 amide bonds. The maximum atomic E-state index is 11.6. The zero-order valence-corrected chi connectivity index (χ0v) is 11.6. The predicted molar refractivity (Wildman–Crippen MR) is 76.3 cm³/mol. The van der Waals surface area contributed by atoms with Gasteiger partial charge in [-0.3, -0.25) is 9.59 Å². The molecule has 0 unspecified atom stereocenters. The van der Waals surface area contributed by atoms with E-state index in [2.05, 4.69) is 11.9 Å². The first-order valence-corrected chi connectivity index (χ1v) is 6.18. The van der Waals surface area contributed by atoms with Crippen LogP contribution in [0.15, 0.2) is 24.8 Å². The van der Waals surface area contributed by atoms with Crippen molar-refractivity contribution in [1.29, 1.82) is 0 Å². The Morgan fingerprint density at radius 2 is 1.89 bits per heavy atom. The van der Waals surface area contributed by atoms with E-state index in [4.69, 9.17) is 4.74 Å². The SMILES string of the molecule is C=CCOc1cc(NCC)c(C(C)=O)cc1C(C)=O. The summed E-state index contributed by atoms with van der Waals surface area (Å²) < 4.78 is 5.48. The molecule has 1 aromatic rings. The quantitative estimate of drug-likeness (QED) is 0.605. The van der Waals surface area contributed by atoms with E-state index < -0.39 is 0 Å². The number of hydrogen-bond acceptors (Lipinski definition) is 4. The van der Waals surface area contributed by atoms with E-state index in [0.29, 0.717) is 35.7 Å². The van der Waals surface area contributed by atoms with Crippen LogP contribution in [0.3, 0.4) is 0 Å². The number of ether oxygens (including phenoxy) is 1. The third-order valence-corrected chi connectivity index (χ3v) is 2.60. The van der Waals surface area contributed by atoms with Gasteiger partial charge in [-0.15, -0.1) is 0 Å². The van der Waals surface area contributed by atoms with Crippen LogP contribution < -0.4 is 10.1 Å². The summed E-state index contributed by atoms with van der Waals surface area (Å²) >= 11 is 0. The summed E-state index contributed by atoms with van der Waals surface area (Å²) in [4.78, 5) is 23.3. The van der Waals surface area contributed by atoms with Gasteiger partial charge in [0.1, 0.15) is 12.4 Å². The fourth-order valence-corrected chi connectivity index (χ4v) is 1.75. The van der Waals surface area contributed by atoms with Gasteiger partial charge in [0.25, 0.3) is 0 Å². The number of rotatable bonds is 7. The minimum Gasteiger partial charge on any atom is -0.489 e. The number of Topliss-reactive ketones (excluding diaryl/α,β-unsaturated/α-hetero) is 2. The Balaban J connectivity index is 3.35. The molecule has 4 nitrogen and oxygen atoms in total. The summed E-state index contributed by atoms with van der Waals surface area (Å²) in [5, 5.41) is 3.10. The zero-order chi connectivity index (χ0) is 14.4. The van der Waals surface area contributed by atoms with E-state index in [-0.39, 0.29) is 11.6 Å². The molecule has 0 spiro atoms.